The van der Waals surface area contributed by atoms with Crippen molar-refractivity contribution in [1.29, 1.82) is 0 Å². The smallest absolute Gasteiger partial charge is 0.314 e. The van der Waals surface area contributed by atoms with E-state index in [1.54, 1.807) is 0 Å². The van der Waals surface area contributed by atoms with Crippen LogP contribution in [0.15, 0.2) is 48.5 Å². The van der Waals surface area contributed by atoms with Gasteiger partial charge in [-0.05, 0) is 67.3 Å². The Morgan fingerprint density at radius 1 is 0.889 bits per heavy atom. The van der Waals surface area contributed by atoms with Gasteiger partial charge in [-0.2, -0.15) is 0 Å². The Balaban J connectivity index is 1.51. The molecule has 1 N–H and O–H groups in total. The first-order chi connectivity index (χ1) is 13.1. The molecule has 1 aliphatic heterocycles. The third-order valence-corrected chi connectivity index (χ3v) is 6.24. The number of fused-ring (bicyclic) bond motifs is 1. The van der Waals surface area contributed by atoms with Crippen LogP contribution in [0.2, 0.25) is 0 Å². The van der Waals surface area contributed by atoms with E-state index in [4.69, 9.17) is 0 Å². The molecule has 1 heterocycles. The van der Waals surface area contributed by atoms with Crippen molar-refractivity contribution in [3.63, 3.8) is 0 Å². The number of carboxylic acid groups (broad SMARTS) is 1. The number of nitrogens with zero attached hydrogens (tertiary/aromatic N) is 1. The summed E-state index contributed by atoms with van der Waals surface area (Å²) in [6, 6.07) is 15.5. The van der Waals surface area contributed by atoms with Crippen molar-refractivity contribution in [3.05, 3.63) is 70.8 Å². The minimum atomic E-state index is -0.895. The lowest BCUT2D eigenvalue weighted by atomic mass is 9.72. The minimum Gasteiger partial charge on any atom is -0.481 e. The molecule has 4 heteroatoms. The number of likely N-dealkylation sites (tertiary alicyclic amines) is 1. The highest BCUT2D eigenvalue weighted by Gasteiger charge is 2.43. The van der Waals surface area contributed by atoms with Gasteiger partial charge in [-0.1, -0.05) is 36.4 Å². The predicted molar refractivity (Wildman–Crippen MR) is 104 cm³/mol. The van der Waals surface area contributed by atoms with Gasteiger partial charge in [0, 0.05) is 18.7 Å². The highest BCUT2D eigenvalue weighted by molar-refractivity contribution is 5.95. The molecule has 140 valence electrons. The van der Waals surface area contributed by atoms with Crippen LogP contribution in [0, 0.1) is 0 Å². The molecule has 1 fully saturated rings. The lowest BCUT2D eigenvalue weighted by Gasteiger charge is -2.39. The van der Waals surface area contributed by atoms with Crippen LogP contribution in [0.1, 0.15) is 52.7 Å². The normalized spacial score (nSPS) is 18.6. The summed E-state index contributed by atoms with van der Waals surface area (Å²) in [6.45, 7) is 0.939. The zero-order chi connectivity index (χ0) is 18.9. The summed E-state index contributed by atoms with van der Waals surface area (Å²) >= 11 is 0. The van der Waals surface area contributed by atoms with Crippen LogP contribution in [-0.4, -0.2) is 35.0 Å². The predicted octanol–water partition coefficient (Wildman–Crippen LogP) is 3.82. The molecule has 0 unspecified atom stereocenters. The summed E-state index contributed by atoms with van der Waals surface area (Å²) in [5, 5.41) is 9.91. The van der Waals surface area contributed by atoms with Gasteiger partial charge in [-0.25, -0.2) is 0 Å². The number of carboxylic acids is 1. The van der Waals surface area contributed by atoms with Crippen LogP contribution in [-0.2, 0) is 23.1 Å². The second-order valence-electron chi connectivity index (χ2n) is 7.74. The number of aliphatic carboxylic acids is 1. The van der Waals surface area contributed by atoms with Crippen molar-refractivity contribution >= 4 is 11.9 Å². The molecule has 0 spiro atoms. The van der Waals surface area contributed by atoms with Gasteiger partial charge in [0.25, 0.3) is 5.91 Å². The number of piperidine rings is 1. The number of carbonyl (C=O) groups is 2. The summed E-state index contributed by atoms with van der Waals surface area (Å²) in [5.41, 5.74) is 3.34. The summed E-state index contributed by atoms with van der Waals surface area (Å²) in [4.78, 5) is 26.9. The van der Waals surface area contributed by atoms with Crippen LogP contribution in [0.5, 0.6) is 0 Å². The van der Waals surface area contributed by atoms with Crippen molar-refractivity contribution in [2.24, 2.45) is 0 Å². The van der Waals surface area contributed by atoms with E-state index in [0.717, 1.165) is 24.0 Å². The van der Waals surface area contributed by atoms with Gasteiger partial charge in [0.1, 0.15) is 0 Å². The Labute approximate surface area is 159 Å². The van der Waals surface area contributed by atoms with Gasteiger partial charge in [0.15, 0.2) is 0 Å². The molecule has 1 amide bonds. The SMILES string of the molecule is O=C(c1ccc2c(c1)CCCC2)N1CCC(C(=O)O)(c2ccccc2)CC1. The van der Waals surface area contributed by atoms with E-state index in [0.29, 0.717) is 25.9 Å². The van der Waals surface area contributed by atoms with Crippen LogP contribution >= 0.6 is 0 Å². The maximum absolute atomic E-state index is 13.0. The molecule has 0 atom stereocenters. The quantitative estimate of drug-likeness (QED) is 0.902. The molecule has 0 bridgehead atoms. The molecular weight excluding hydrogens is 338 g/mol. The Morgan fingerprint density at radius 2 is 1.56 bits per heavy atom. The van der Waals surface area contributed by atoms with Crippen molar-refractivity contribution in [2.75, 3.05) is 13.1 Å². The molecule has 1 saturated heterocycles. The monoisotopic (exact) mass is 363 g/mol. The van der Waals surface area contributed by atoms with E-state index in [-0.39, 0.29) is 5.91 Å². The van der Waals surface area contributed by atoms with Crippen LogP contribution < -0.4 is 0 Å². The second kappa shape index (κ2) is 7.18. The van der Waals surface area contributed by atoms with Crippen molar-refractivity contribution in [2.45, 2.75) is 43.9 Å². The number of hydrogen-bond donors (Lipinski definition) is 1. The number of carbonyl (C=O) groups excluding carboxylic acids is 1. The fraction of sp³-hybridized carbons (Fsp3) is 0.391. The van der Waals surface area contributed by atoms with Crippen molar-refractivity contribution in [3.8, 4) is 0 Å². The third-order valence-electron chi connectivity index (χ3n) is 6.24. The van der Waals surface area contributed by atoms with Crippen LogP contribution in [0.4, 0.5) is 0 Å². The highest BCUT2D eigenvalue weighted by Crippen LogP contribution is 2.36. The fourth-order valence-electron chi connectivity index (χ4n) is 4.52. The molecule has 0 radical (unpaired) electrons. The van der Waals surface area contributed by atoms with Crippen LogP contribution in [0.3, 0.4) is 0 Å². The van der Waals surface area contributed by atoms with Crippen LogP contribution in [0.25, 0.3) is 0 Å². The Kier molecular flexibility index (Phi) is 4.73. The zero-order valence-electron chi connectivity index (χ0n) is 15.5. The maximum Gasteiger partial charge on any atom is 0.314 e. The summed E-state index contributed by atoms with van der Waals surface area (Å²) in [7, 11) is 0. The summed E-state index contributed by atoms with van der Waals surface area (Å²) < 4.78 is 0. The highest BCUT2D eigenvalue weighted by atomic mass is 16.4. The van der Waals surface area contributed by atoms with Gasteiger partial charge in [0.05, 0.1) is 5.41 Å². The molecule has 0 aromatic heterocycles. The zero-order valence-corrected chi connectivity index (χ0v) is 15.5. The molecule has 27 heavy (non-hydrogen) atoms. The standard InChI is InChI=1S/C23H25NO3/c25-21(19-11-10-17-6-4-5-7-18(17)16-19)24-14-12-23(13-15-24,22(26)27)20-8-2-1-3-9-20/h1-3,8-11,16H,4-7,12-15H2,(H,26,27). The maximum atomic E-state index is 13.0. The second-order valence-corrected chi connectivity index (χ2v) is 7.74. The van der Waals surface area contributed by atoms with Crippen molar-refractivity contribution in [1.82, 2.24) is 4.90 Å². The number of aryl methyl sites for hydroxylation is 2. The lowest BCUT2D eigenvalue weighted by molar-refractivity contribution is -0.145. The molecule has 2 aliphatic rings. The molecule has 4 rings (SSSR count). The third kappa shape index (κ3) is 3.25. The fourth-order valence-corrected chi connectivity index (χ4v) is 4.52. The molecule has 0 saturated carbocycles. The minimum absolute atomic E-state index is 0.0235. The first-order valence-electron chi connectivity index (χ1n) is 9.80. The topological polar surface area (TPSA) is 57.6 Å². The Hall–Kier alpha value is -2.62. The summed E-state index contributed by atoms with van der Waals surface area (Å²) in [5.74, 6) is -0.773. The molecular formula is C23H25NO3. The molecule has 2 aromatic rings. The average molecular weight is 363 g/mol. The van der Waals surface area contributed by atoms with Gasteiger partial charge >= 0.3 is 5.97 Å². The average Bonchev–Trinajstić information content (AvgIpc) is 2.73. The number of amides is 1. The number of hydrogen-bond acceptors (Lipinski definition) is 2. The van der Waals surface area contributed by atoms with Gasteiger partial charge < -0.3 is 10.0 Å². The van der Waals surface area contributed by atoms with Gasteiger partial charge in [-0.3, -0.25) is 9.59 Å². The lowest BCUT2D eigenvalue weighted by Crippen LogP contribution is -2.49. The van der Waals surface area contributed by atoms with E-state index in [1.165, 1.54) is 24.0 Å². The summed E-state index contributed by atoms with van der Waals surface area (Å²) in [6.07, 6.45) is 5.46. The first kappa shape index (κ1) is 17.8. The largest absolute Gasteiger partial charge is 0.481 e. The molecule has 2 aromatic carbocycles. The molecule has 4 nitrogen and oxygen atoms in total. The Bertz CT molecular complexity index is 851. The van der Waals surface area contributed by atoms with Gasteiger partial charge in [0.2, 0.25) is 0 Å². The van der Waals surface area contributed by atoms with Gasteiger partial charge in [-0.15, -0.1) is 0 Å². The molecule has 1 aliphatic carbocycles. The van der Waals surface area contributed by atoms with E-state index in [1.807, 2.05) is 47.4 Å². The Morgan fingerprint density at radius 3 is 2.22 bits per heavy atom. The number of rotatable bonds is 3. The van der Waals surface area contributed by atoms with E-state index >= 15 is 0 Å². The van der Waals surface area contributed by atoms with E-state index in [9.17, 15) is 14.7 Å². The van der Waals surface area contributed by atoms with E-state index in [2.05, 4.69) is 6.07 Å². The number of benzene rings is 2. The van der Waals surface area contributed by atoms with E-state index < -0.39 is 11.4 Å². The first-order valence-corrected chi connectivity index (χ1v) is 9.80. The van der Waals surface area contributed by atoms with Crippen molar-refractivity contribution < 1.29 is 14.7 Å².